The number of hydrogen-bond acceptors (Lipinski definition) is 2. The number of nitrogens with two attached hydrogens (primary N) is 1. The van der Waals surface area contributed by atoms with E-state index in [0.717, 1.165) is 31.8 Å². The summed E-state index contributed by atoms with van der Waals surface area (Å²) in [7, 11) is 0. The second-order valence-corrected chi connectivity index (χ2v) is 7.83. The van der Waals surface area contributed by atoms with Gasteiger partial charge < -0.3 is 5.73 Å². The first kappa shape index (κ1) is 18.7. The summed E-state index contributed by atoms with van der Waals surface area (Å²) in [5, 5.41) is 1.26. The molecule has 0 radical (unpaired) electrons. The molecule has 25 heavy (non-hydrogen) atoms. The van der Waals surface area contributed by atoms with Gasteiger partial charge in [0, 0.05) is 19.1 Å². The zero-order chi connectivity index (χ0) is 17.6. The normalized spacial score (nSPS) is 21.4. The number of hydrogen-bond donors (Lipinski definition) is 1. The molecule has 1 aliphatic heterocycles. The Kier molecular flexibility index (Phi) is 6.77. The summed E-state index contributed by atoms with van der Waals surface area (Å²) in [5.74, 6) is 0.726. The van der Waals surface area contributed by atoms with Gasteiger partial charge in [0.25, 0.3) is 0 Å². The average Bonchev–Trinajstić information content (AvgIpc) is 2.61. The molecule has 3 rings (SSSR count). The fourth-order valence-electron chi connectivity index (χ4n) is 3.93. The van der Waals surface area contributed by atoms with Gasteiger partial charge in [-0.2, -0.15) is 0 Å². The number of rotatable bonds is 6. The lowest BCUT2D eigenvalue weighted by atomic mass is 9.84. The number of piperidine rings is 1. The molecule has 1 aliphatic rings. The molecule has 2 nitrogen and oxygen atoms in total. The first-order chi connectivity index (χ1) is 12.2. The van der Waals surface area contributed by atoms with E-state index in [-0.39, 0.29) is 0 Å². The van der Waals surface area contributed by atoms with Crippen molar-refractivity contribution in [2.75, 3.05) is 19.6 Å². The van der Waals surface area contributed by atoms with Gasteiger partial charge in [-0.3, -0.25) is 4.90 Å². The highest BCUT2D eigenvalue weighted by Crippen LogP contribution is 2.29. The Labute approximate surface area is 160 Å². The van der Waals surface area contributed by atoms with Crippen LogP contribution in [0.2, 0.25) is 10.0 Å². The lowest BCUT2D eigenvalue weighted by Gasteiger charge is -2.39. The van der Waals surface area contributed by atoms with E-state index < -0.39 is 0 Å². The van der Waals surface area contributed by atoms with Crippen LogP contribution in [0.15, 0.2) is 48.5 Å². The van der Waals surface area contributed by atoms with E-state index in [1.165, 1.54) is 24.0 Å². The maximum Gasteiger partial charge on any atom is 0.0595 e. The molecule has 0 spiro atoms. The van der Waals surface area contributed by atoms with Gasteiger partial charge in [-0.25, -0.2) is 0 Å². The molecule has 1 fully saturated rings. The van der Waals surface area contributed by atoms with Crippen LogP contribution >= 0.6 is 23.2 Å². The predicted molar refractivity (Wildman–Crippen MR) is 107 cm³/mol. The molecule has 0 bridgehead atoms. The maximum atomic E-state index is 6.20. The van der Waals surface area contributed by atoms with Crippen LogP contribution in [0.4, 0.5) is 0 Å². The third-order valence-corrected chi connectivity index (χ3v) is 5.92. The monoisotopic (exact) mass is 376 g/mol. The highest BCUT2D eigenvalue weighted by molar-refractivity contribution is 6.42. The molecular weight excluding hydrogens is 351 g/mol. The average molecular weight is 377 g/mol. The summed E-state index contributed by atoms with van der Waals surface area (Å²) in [6, 6.07) is 17.3. The third kappa shape index (κ3) is 5.21. The van der Waals surface area contributed by atoms with Crippen molar-refractivity contribution in [1.82, 2.24) is 4.90 Å². The van der Waals surface area contributed by atoms with Crippen molar-refractivity contribution in [2.45, 2.75) is 31.7 Å². The van der Waals surface area contributed by atoms with Crippen molar-refractivity contribution in [1.29, 1.82) is 0 Å². The van der Waals surface area contributed by atoms with E-state index in [4.69, 9.17) is 28.9 Å². The Balaban J connectivity index is 1.69. The van der Waals surface area contributed by atoms with E-state index in [1.54, 1.807) is 0 Å². The Bertz CT molecular complexity index is 675. The molecule has 1 saturated heterocycles. The van der Waals surface area contributed by atoms with Crippen LogP contribution in [-0.2, 0) is 12.8 Å². The molecule has 0 amide bonds. The molecule has 2 unspecified atom stereocenters. The van der Waals surface area contributed by atoms with Crippen molar-refractivity contribution in [3.63, 3.8) is 0 Å². The van der Waals surface area contributed by atoms with E-state index in [2.05, 4.69) is 41.3 Å². The van der Waals surface area contributed by atoms with Crippen molar-refractivity contribution < 1.29 is 0 Å². The van der Waals surface area contributed by atoms with Crippen LogP contribution in [-0.4, -0.2) is 30.6 Å². The SMILES string of the molecule is NCCN1CCC(Cc2ccccc2)CC1Cc1ccc(Cl)c(Cl)c1. The molecule has 0 aliphatic carbocycles. The molecule has 2 aromatic carbocycles. The smallest absolute Gasteiger partial charge is 0.0595 e. The number of nitrogens with zero attached hydrogens (tertiary/aromatic N) is 1. The van der Waals surface area contributed by atoms with Gasteiger partial charge >= 0.3 is 0 Å². The molecule has 0 aromatic heterocycles. The highest BCUT2D eigenvalue weighted by atomic mass is 35.5. The lowest BCUT2D eigenvalue weighted by Crippen LogP contribution is -2.46. The van der Waals surface area contributed by atoms with Crippen LogP contribution < -0.4 is 5.73 Å². The first-order valence-electron chi connectivity index (χ1n) is 9.07. The second kappa shape index (κ2) is 9.05. The van der Waals surface area contributed by atoms with E-state index in [9.17, 15) is 0 Å². The van der Waals surface area contributed by atoms with Gasteiger partial charge in [0.2, 0.25) is 0 Å². The van der Waals surface area contributed by atoms with E-state index in [0.29, 0.717) is 22.6 Å². The Morgan fingerprint density at radius 3 is 2.48 bits per heavy atom. The van der Waals surface area contributed by atoms with Crippen molar-refractivity contribution in [3.05, 3.63) is 69.7 Å². The Hall–Kier alpha value is -1.06. The molecule has 1 heterocycles. The summed E-state index contributed by atoms with van der Waals surface area (Å²) in [6.07, 6.45) is 4.61. The number of halogens is 2. The predicted octanol–water partition coefficient (Wildman–Crippen LogP) is 4.82. The Morgan fingerprint density at radius 2 is 1.76 bits per heavy atom. The van der Waals surface area contributed by atoms with Crippen LogP contribution in [0.3, 0.4) is 0 Å². The van der Waals surface area contributed by atoms with Crippen LogP contribution in [0.25, 0.3) is 0 Å². The fraction of sp³-hybridized carbons (Fsp3) is 0.429. The molecule has 134 valence electrons. The zero-order valence-electron chi connectivity index (χ0n) is 14.5. The molecule has 4 heteroatoms. The molecule has 2 atom stereocenters. The van der Waals surface area contributed by atoms with Gasteiger partial charge in [-0.1, -0.05) is 59.6 Å². The summed E-state index contributed by atoms with van der Waals surface area (Å²) >= 11 is 12.3. The topological polar surface area (TPSA) is 29.3 Å². The van der Waals surface area contributed by atoms with Crippen LogP contribution in [0.1, 0.15) is 24.0 Å². The maximum absolute atomic E-state index is 6.20. The summed E-state index contributed by atoms with van der Waals surface area (Å²) in [5.41, 5.74) is 8.53. The molecular formula is C21H26Cl2N2. The summed E-state index contributed by atoms with van der Waals surface area (Å²) in [6.45, 7) is 2.80. The van der Waals surface area contributed by atoms with Gasteiger partial charge in [-0.05, 0) is 61.4 Å². The number of benzene rings is 2. The van der Waals surface area contributed by atoms with E-state index >= 15 is 0 Å². The zero-order valence-corrected chi connectivity index (χ0v) is 16.0. The second-order valence-electron chi connectivity index (χ2n) is 7.01. The van der Waals surface area contributed by atoms with Crippen molar-refractivity contribution in [3.8, 4) is 0 Å². The van der Waals surface area contributed by atoms with Crippen molar-refractivity contribution >= 4 is 23.2 Å². The molecule has 0 saturated carbocycles. The van der Waals surface area contributed by atoms with Crippen molar-refractivity contribution in [2.24, 2.45) is 11.7 Å². The van der Waals surface area contributed by atoms with Crippen LogP contribution in [0.5, 0.6) is 0 Å². The van der Waals surface area contributed by atoms with Crippen LogP contribution in [0, 0.1) is 5.92 Å². The van der Waals surface area contributed by atoms with Gasteiger partial charge in [0.15, 0.2) is 0 Å². The number of likely N-dealkylation sites (tertiary alicyclic amines) is 1. The van der Waals surface area contributed by atoms with E-state index in [1.807, 2.05) is 12.1 Å². The molecule has 2 aromatic rings. The molecule has 2 N–H and O–H groups in total. The fourth-order valence-corrected chi connectivity index (χ4v) is 4.25. The van der Waals surface area contributed by atoms with Gasteiger partial charge in [0.1, 0.15) is 0 Å². The Morgan fingerprint density at radius 1 is 0.960 bits per heavy atom. The minimum atomic E-state index is 0.517. The highest BCUT2D eigenvalue weighted by Gasteiger charge is 2.28. The lowest BCUT2D eigenvalue weighted by molar-refractivity contribution is 0.114. The van der Waals surface area contributed by atoms with Gasteiger partial charge in [0.05, 0.1) is 10.0 Å². The largest absolute Gasteiger partial charge is 0.329 e. The third-order valence-electron chi connectivity index (χ3n) is 5.19. The minimum absolute atomic E-state index is 0.517. The summed E-state index contributed by atoms with van der Waals surface area (Å²) in [4.78, 5) is 2.55. The first-order valence-corrected chi connectivity index (χ1v) is 9.83. The minimum Gasteiger partial charge on any atom is -0.329 e. The summed E-state index contributed by atoms with van der Waals surface area (Å²) < 4.78 is 0. The van der Waals surface area contributed by atoms with Gasteiger partial charge in [-0.15, -0.1) is 0 Å². The quantitative estimate of drug-likeness (QED) is 0.782. The standard InChI is InChI=1S/C21H26Cl2N2/c22-20-7-6-17(15-21(20)23)13-19-14-18(8-10-25(19)11-9-24)12-16-4-2-1-3-5-16/h1-7,15,18-19H,8-14,24H2.